The zero-order valence-electron chi connectivity index (χ0n) is 11.0. The predicted octanol–water partition coefficient (Wildman–Crippen LogP) is 1.72. The van der Waals surface area contributed by atoms with Crippen molar-refractivity contribution in [3.63, 3.8) is 0 Å². The number of benzene rings is 1. The number of halogens is 2. The SMILES string of the molecule is CCCN(C(=O)Cc1c(F)cccc1F)C1CNC1. The molecule has 0 atom stereocenters. The Balaban J connectivity index is 2.09. The molecule has 1 aromatic rings. The Morgan fingerprint density at radius 3 is 2.47 bits per heavy atom. The molecule has 0 unspecified atom stereocenters. The first-order chi connectivity index (χ1) is 9.13. The molecule has 1 fully saturated rings. The number of hydrogen-bond acceptors (Lipinski definition) is 2. The van der Waals surface area contributed by atoms with Gasteiger partial charge in [0, 0.05) is 25.2 Å². The molecule has 3 nitrogen and oxygen atoms in total. The summed E-state index contributed by atoms with van der Waals surface area (Å²) in [6.07, 6.45) is 0.622. The van der Waals surface area contributed by atoms with Crippen LogP contribution in [0.3, 0.4) is 0 Å². The quantitative estimate of drug-likeness (QED) is 0.882. The molecule has 1 saturated heterocycles. The number of amides is 1. The largest absolute Gasteiger partial charge is 0.337 e. The van der Waals surface area contributed by atoms with Gasteiger partial charge >= 0.3 is 0 Å². The molecular weight excluding hydrogens is 250 g/mol. The molecule has 0 radical (unpaired) electrons. The van der Waals surface area contributed by atoms with E-state index < -0.39 is 11.6 Å². The molecule has 104 valence electrons. The number of hydrogen-bond donors (Lipinski definition) is 1. The number of carbonyl (C=O) groups is 1. The minimum Gasteiger partial charge on any atom is -0.337 e. The third kappa shape index (κ3) is 3.10. The molecule has 5 heteroatoms. The van der Waals surface area contributed by atoms with Crippen LogP contribution >= 0.6 is 0 Å². The monoisotopic (exact) mass is 268 g/mol. The first-order valence-corrected chi connectivity index (χ1v) is 6.56. The molecule has 1 aromatic carbocycles. The second kappa shape index (κ2) is 6.10. The van der Waals surface area contributed by atoms with Gasteiger partial charge in [-0.25, -0.2) is 8.78 Å². The summed E-state index contributed by atoms with van der Waals surface area (Å²) >= 11 is 0. The summed E-state index contributed by atoms with van der Waals surface area (Å²) in [7, 11) is 0. The smallest absolute Gasteiger partial charge is 0.227 e. The predicted molar refractivity (Wildman–Crippen MR) is 68.7 cm³/mol. The van der Waals surface area contributed by atoms with Crippen LogP contribution in [0.1, 0.15) is 18.9 Å². The van der Waals surface area contributed by atoms with Gasteiger partial charge in [0.25, 0.3) is 0 Å². The Kier molecular flexibility index (Phi) is 4.47. The maximum Gasteiger partial charge on any atom is 0.227 e. The summed E-state index contributed by atoms with van der Waals surface area (Å²) in [6.45, 7) is 4.12. The molecule has 0 aliphatic carbocycles. The van der Waals surface area contributed by atoms with Crippen molar-refractivity contribution in [3.8, 4) is 0 Å². The Bertz CT molecular complexity index is 441. The van der Waals surface area contributed by atoms with Crippen LogP contribution in [0.4, 0.5) is 8.78 Å². The average molecular weight is 268 g/mol. The summed E-state index contributed by atoms with van der Waals surface area (Å²) in [5.41, 5.74) is -0.138. The van der Waals surface area contributed by atoms with Crippen molar-refractivity contribution in [3.05, 3.63) is 35.4 Å². The molecule has 0 spiro atoms. The second-order valence-electron chi connectivity index (χ2n) is 4.78. The van der Waals surface area contributed by atoms with E-state index in [9.17, 15) is 13.6 Å². The molecule has 1 heterocycles. The zero-order chi connectivity index (χ0) is 13.8. The lowest BCUT2D eigenvalue weighted by Crippen LogP contribution is -2.59. The van der Waals surface area contributed by atoms with Gasteiger partial charge in [-0.2, -0.15) is 0 Å². The van der Waals surface area contributed by atoms with Crippen LogP contribution in [0, 0.1) is 11.6 Å². The fraction of sp³-hybridized carbons (Fsp3) is 0.500. The van der Waals surface area contributed by atoms with Crippen molar-refractivity contribution in [2.24, 2.45) is 0 Å². The Morgan fingerprint density at radius 1 is 1.37 bits per heavy atom. The Morgan fingerprint density at radius 2 is 2.00 bits per heavy atom. The van der Waals surface area contributed by atoms with E-state index in [2.05, 4.69) is 5.32 Å². The van der Waals surface area contributed by atoms with Gasteiger partial charge in [-0.15, -0.1) is 0 Å². The van der Waals surface area contributed by atoms with Crippen molar-refractivity contribution < 1.29 is 13.6 Å². The van der Waals surface area contributed by atoms with E-state index in [-0.39, 0.29) is 23.9 Å². The van der Waals surface area contributed by atoms with E-state index in [1.54, 1.807) is 4.90 Å². The van der Waals surface area contributed by atoms with Crippen LogP contribution in [-0.4, -0.2) is 36.5 Å². The molecule has 0 saturated carbocycles. The molecule has 0 aromatic heterocycles. The molecule has 1 N–H and O–H groups in total. The van der Waals surface area contributed by atoms with Gasteiger partial charge in [0.15, 0.2) is 0 Å². The second-order valence-corrected chi connectivity index (χ2v) is 4.78. The number of carbonyl (C=O) groups excluding carboxylic acids is 1. The van der Waals surface area contributed by atoms with Crippen LogP contribution in [-0.2, 0) is 11.2 Å². The van der Waals surface area contributed by atoms with E-state index in [0.29, 0.717) is 6.54 Å². The third-order valence-electron chi connectivity index (χ3n) is 3.38. The maximum absolute atomic E-state index is 13.5. The lowest BCUT2D eigenvalue weighted by atomic mass is 10.1. The summed E-state index contributed by atoms with van der Waals surface area (Å²) in [6, 6.07) is 3.82. The lowest BCUT2D eigenvalue weighted by molar-refractivity contribution is -0.134. The molecule has 1 amide bonds. The van der Waals surface area contributed by atoms with Crippen molar-refractivity contribution in [1.29, 1.82) is 0 Å². The summed E-state index contributed by atoms with van der Waals surface area (Å²) in [5, 5.41) is 3.10. The summed E-state index contributed by atoms with van der Waals surface area (Å²) < 4.78 is 27.1. The summed E-state index contributed by atoms with van der Waals surface area (Å²) in [4.78, 5) is 13.9. The van der Waals surface area contributed by atoms with Crippen molar-refractivity contribution in [1.82, 2.24) is 10.2 Å². The molecule has 2 rings (SSSR count). The number of rotatable bonds is 5. The fourth-order valence-electron chi connectivity index (χ4n) is 2.20. The molecule has 1 aliphatic rings. The van der Waals surface area contributed by atoms with Gasteiger partial charge < -0.3 is 10.2 Å². The van der Waals surface area contributed by atoms with E-state index in [1.807, 2.05) is 6.92 Å². The van der Waals surface area contributed by atoms with E-state index in [1.165, 1.54) is 18.2 Å². The Labute approximate surface area is 111 Å². The van der Waals surface area contributed by atoms with Crippen LogP contribution < -0.4 is 5.32 Å². The van der Waals surface area contributed by atoms with Gasteiger partial charge in [-0.1, -0.05) is 13.0 Å². The molecular formula is C14H18F2N2O. The minimum atomic E-state index is -0.656. The molecule has 0 bridgehead atoms. The topological polar surface area (TPSA) is 32.3 Å². The van der Waals surface area contributed by atoms with Gasteiger partial charge in [-0.3, -0.25) is 4.79 Å². The highest BCUT2D eigenvalue weighted by molar-refractivity contribution is 5.79. The first-order valence-electron chi connectivity index (χ1n) is 6.56. The lowest BCUT2D eigenvalue weighted by Gasteiger charge is -2.38. The summed E-state index contributed by atoms with van der Waals surface area (Å²) in [5.74, 6) is -1.52. The third-order valence-corrected chi connectivity index (χ3v) is 3.38. The van der Waals surface area contributed by atoms with Crippen LogP contribution in [0.15, 0.2) is 18.2 Å². The molecule has 1 aliphatic heterocycles. The number of nitrogens with zero attached hydrogens (tertiary/aromatic N) is 1. The van der Waals surface area contributed by atoms with Gasteiger partial charge in [0.2, 0.25) is 5.91 Å². The first kappa shape index (κ1) is 13.9. The van der Waals surface area contributed by atoms with Crippen LogP contribution in [0.2, 0.25) is 0 Å². The highest BCUT2D eigenvalue weighted by atomic mass is 19.1. The van der Waals surface area contributed by atoms with Crippen LogP contribution in [0.5, 0.6) is 0 Å². The fourth-order valence-corrected chi connectivity index (χ4v) is 2.20. The number of nitrogens with one attached hydrogen (secondary N) is 1. The van der Waals surface area contributed by atoms with Crippen molar-refractivity contribution >= 4 is 5.91 Å². The minimum absolute atomic E-state index is 0.138. The normalized spacial score (nSPS) is 15.1. The van der Waals surface area contributed by atoms with Crippen LogP contribution in [0.25, 0.3) is 0 Å². The zero-order valence-corrected chi connectivity index (χ0v) is 11.0. The van der Waals surface area contributed by atoms with Gasteiger partial charge in [-0.05, 0) is 18.6 Å². The average Bonchev–Trinajstić information content (AvgIpc) is 2.31. The van der Waals surface area contributed by atoms with E-state index in [4.69, 9.17) is 0 Å². The van der Waals surface area contributed by atoms with E-state index >= 15 is 0 Å². The van der Waals surface area contributed by atoms with E-state index in [0.717, 1.165) is 19.5 Å². The Hall–Kier alpha value is -1.49. The maximum atomic E-state index is 13.5. The highest BCUT2D eigenvalue weighted by Gasteiger charge is 2.28. The standard InChI is InChI=1S/C14H18F2N2O/c1-2-6-18(10-8-17-9-10)14(19)7-11-12(15)4-3-5-13(11)16/h3-5,10,17H,2,6-9H2,1H3. The van der Waals surface area contributed by atoms with Crippen molar-refractivity contribution in [2.45, 2.75) is 25.8 Å². The van der Waals surface area contributed by atoms with Gasteiger partial charge in [0.1, 0.15) is 11.6 Å². The van der Waals surface area contributed by atoms with Gasteiger partial charge in [0.05, 0.1) is 12.5 Å². The highest BCUT2D eigenvalue weighted by Crippen LogP contribution is 2.15. The molecule has 19 heavy (non-hydrogen) atoms. The van der Waals surface area contributed by atoms with Crippen molar-refractivity contribution in [2.75, 3.05) is 19.6 Å².